The third-order valence-corrected chi connectivity index (χ3v) is 5.41. The molecule has 1 aliphatic heterocycles. The average molecular weight is 421 g/mol. The van der Waals surface area contributed by atoms with E-state index in [9.17, 15) is 22.8 Å². The maximum Gasteiger partial charge on any atom is 0.275 e. The Bertz CT molecular complexity index is 1090. The Hall–Kier alpha value is -2.59. The molecule has 0 bridgehead atoms. The fourth-order valence-electron chi connectivity index (χ4n) is 3.43. The number of benzene rings is 1. The number of nitrogens with zero attached hydrogens (tertiary/aromatic N) is 2. The van der Waals surface area contributed by atoms with Gasteiger partial charge >= 0.3 is 0 Å². The third-order valence-electron chi connectivity index (χ3n) is 4.82. The normalized spacial score (nSPS) is 17.5. The van der Waals surface area contributed by atoms with Crippen molar-refractivity contribution in [1.29, 1.82) is 0 Å². The molecule has 9 nitrogen and oxygen atoms in total. The van der Waals surface area contributed by atoms with Gasteiger partial charge in [0.05, 0.1) is 24.4 Å². The van der Waals surface area contributed by atoms with Crippen LogP contribution in [0.4, 0.5) is 0 Å². The number of hydrogen-bond acceptors (Lipinski definition) is 7. The zero-order valence-corrected chi connectivity index (χ0v) is 16.9. The second-order valence-electron chi connectivity index (χ2n) is 7.08. The van der Waals surface area contributed by atoms with Crippen molar-refractivity contribution in [3.8, 4) is 0 Å². The van der Waals surface area contributed by atoms with Crippen molar-refractivity contribution in [2.45, 2.75) is 44.6 Å². The first-order chi connectivity index (χ1) is 13.8. The van der Waals surface area contributed by atoms with Gasteiger partial charge in [-0.1, -0.05) is 24.6 Å². The van der Waals surface area contributed by atoms with Crippen molar-refractivity contribution >= 4 is 32.7 Å². The summed E-state index contributed by atoms with van der Waals surface area (Å²) in [6.07, 6.45) is 5.72. The van der Waals surface area contributed by atoms with Crippen molar-refractivity contribution in [3.05, 3.63) is 40.3 Å². The van der Waals surface area contributed by atoms with Crippen molar-refractivity contribution < 1.29 is 22.2 Å². The van der Waals surface area contributed by atoms with Crippen LogP contribution in [-0.2, 0) is 30.3 Å². The molecule has 156 valence electrons. The molecule has 3 rings (SSSR count). The molecule has 29 heavy (non-hydrogen) atoms. The lowest BCUT2D eigenvalue weighted by Gasteiger charge is -2.22. The monoisotopic (exact) mass is 421 g/mol. The molecule has 0 spiro atoms. The summed E-state index contributed by atoms with van der Waals surface area (Å²) >= 11 is 0. The van der Waals surface area contributed by atoms with E-state index < -0.39 is 22.1 Å². The highest BCUT2D eigenvalue weighted by molar-refractivity contribution is 7.85. The van der Waals surface area contributed by atoms with Crippen LogP contribution in [0.5, 0.6) is 0 Å². The minimum Gasteiger partial charge on any atom is -0.295 e. The maximum atomic E-state index is 13.1. The van der Waals surface area contributed by atoms with Crippen LogP contribution in [-0.4, -0.2) is 42.9 Å². The second kappa shape index (κ2) is 8.83. The first-order valence-corrected chi connectivity index (χ1v) is 11.3. The topological polar surface area (TPSA) is 124 Å². The molecule has 1 N–H and O–H groups in total. The molecule has 1 aromatic carbocycles. The third kappa shape index (κ3) is 5.27. The Labute approximate surface area is 168 Å². The molecule has 1 fully saturated rings. The summed E-state index contributed by atoms with van der Waals surface area (Å²) in [7, 11) is -3.43. The van der Waals surface area contributed by atoms with Gasteiger partial charge in [0.2, 0.25) is 5.91 Å². The molecule has 1 unspecified atom stereocenters. The molecular weight excluding hydrogens is 398 g/mol. The summed E-state index contributed by atoms with van der Waals surface area (Å²) in [6.45, 7) is 0.139. The second-order valence-corrected chi connectivity index (χ2v) is 8.72. The number of carbonyl (C=O) groups excluding carboxylic acids is 2. The number of fused-ring (bicyclic) bond motifs is 1. The number of imide groups is 1. The summed E-state index contributed by atoms with van der Waals surface area (Å²) in [5.41, 5.74) is 0.494. The van der Waals surface area contributed by atoms with E-state index in [1.807, 2.05) is 12.1 Å². The number of aromatic nitrogens is 2. The van der Waals surface area contributed by atoms with Crippen LogP contribution in [0.25, 0.3) is 10.8 Å². The molecular formula is C19H23N3O6S. The van der Waals surface area contributed by atoms with Crippen molar-refractivity contribution in [3.63, 3.8) is 0 Å². The molecule has 0 aliphatic carbocycles. The van der Waals surface area contributed by atoms with Gasteiger partial charge in [-0.05, 0) is 31.2 Å². The van der Waals surface area contributed by atoms with Gasteiger partial charge in [0, 0.05) is 11.8 Å². The van der Waals surface area contributed by atoms with E-state index in [0.29, 0.717) is 23.6 Å². The number of aryl methyl sites for hydroxylation is 1. The smallest absolute Gasteiger partial charge is 0.275 e. The summed E-state index contributed by atoms with van der Waals surface area (Å²) in [5.74, 6) is -0.862. The number of amides is 2. The summed E-state index contributed by atoms with van der Waals surface area (Å²) in [4.78, 5) is 36.6. The van der Waals surface area contributed by atoms with E-state index in [-0.39, 0.29) is 30.9 Å². The maximum absolute atomic E-state index is 13.1. The highest BCUT2D eigenvalue weighted by Gasteiger charge is 2.30. The van der Waals surface area contributed by atoms with Crippen LogP contribution in [0.3, 0.4) is 0 Å². The highest BCUT2D eigenvalue weighted by Crippen LogP contribution is 2.20. The Morgan fingerprint density at radius 2 is 2.00 bits per heavy atom. The van der Waals surface area contributed by atoms with E-state index in [4.69, 9.17) is 4.18 Å². The fourth-order valence-corrected chi connectivity index (χ4v) is 3.85. The summed E-state index contributed by atoms with van der Waals surface area (Å²) < 4.78 is 27.8. The SMILES string of the molecule is CS(=O)(=O)OCCCCCc1cccc2cnn(C3CCC(=O)NC3=O)c(=O)c12. The fraction of sp³-hybridized carbons (Fsp3) is 0.474. The number of carbonyl (C=O) groups is 2. The van der Waals surface area contributed by atoms with Crippen LogP contribution in [0.2, 0.25) is 0 Å². The molecule has 2 aromatic rings. The Balaban J connectivity index is 1.76. The minimum absolute atomic E-state index is 0.139. The van der Waals surface area contributed by atoms with E-state index in [1.165, 1.54) is 0 Å². The van der Waals surface area contributed by atoms with Gasteiger partial charge in [-0.25, -0.2) is 4.68 Å². The van der Waals surface area contributed by atoms with Gasteiger partial charge in [-0.3, -0.25) is 23.9 Å². The van der Waals surface area contributed by atoms with Crippen molar-refractivity contribution in [2.24, 2.45) is 0 Å². The minimum atomic E-state index is -3.43. The van der Waals surface area contributed by atoms with Crippen molar-refractivity contribution in [2.75, 3.05) is 12.9 Å². The number of piperidine rings is 1. The van der Waals surface area contributed by atoms with Gasteiger partial charge in [-0.2, -0.15) is 13.5 Å². The number of unbranched alkanes of at least 4 members (excludes halogenated alkanes) is 2. The Kier molecular flexibility index (Phi) is 6.43. The zero-order valence-electron chi connectivity index (χ0n) is 16.1. The van der Waals surface area contributed by atoms with E-state index >= 15 is 0 Å². The largest absolute Gasteiger partial charge is 0.295 e. The van der Waals surface area contributed by atoms with Gasteiger partial charge in [0.15, 0.2) is 0 Å². The number of hydrogen-bond donors (Lipinski definition) is 1. The van der Waals surface area contributed by atoms with E-state index in [1.54, 1.807) is 12.3 Å². The molecule has 0 radical (unpaired) electrons. The number of nitrogens with one attached hydrogen (secondary N) is 1. The van der Waals surface area contributed by atoms with Crippen LogP contribution in [0, 0.1) is 0 Å². The molecule has 10 heteroatoms. The lowest BCUT2D eigenvalue weighted by Crippen LogP contribution is -2.45. The molecule has 2 heterocycles. The lowest BCUT2D eigenvalue weighted by molar-refractivity contribution is -0.136. The van der Waals surface area contributed by atoms with Gasteiger partial charge < -0.3 is 0 Å². The van der Waals surface area contributed by atoms with Gasteiger partial charge in [0.25, 0.3) is 21.6 Å². The number of rotatable bonds is 8. The molecule has 2 amide bonds. The first kappa shape index (κ1) is 21.1. The molecule has 1 saturated heterocycles. The van der Waals surface area contributed by atoms with Crippen LogP contribution < -0.4 is 10.9 Å². The Morgan fingerprint density at radius 1 is 1.21 bits per heavy atom. The van der Waals surface area contributed by atoms with Gasteiger partial charge in [-0.15, -0.1) is 0 Å². The summed E-state index contributed by atoms with van der Waals surface area (Å²) in [6, 6.07) is 4.71. The standard InChI is InChI=1S/C19H23N3O6S/c1-29(26,27)28-11-4-2-3-6-13-7-5-8-14-12-20-22(19(25)17(13)14)15-9-10-16(23)21-18(15)24/h5,7-8,12,15H,2-4,6,9-11H2,1H3,(H,21,23,24). The lowest BCUT2D eigenvalue weighted by atomic mass is 10.0. The predicted octanol–water partition coefficient (Wildman–Crippen LogP) is 1.06. The van der Waals surface area contributed by atoms with Crippen molar-refractivity contribution in [1.82, 2.24) is 15.1 Å². The van der Waals surface area contributed by atoms with E-state index in [0.717, 1.165) is 29.3 Å². The quantitative estimate of drug-likeness (QED) is 0.384. The summed E-state index contributed by atoms with van der Waals surface area (Å²) in [5, 5.41) is 7.60. The molecule has 0 saturated carbocycles. The first-order valence-electron chi connectivity index (χ1n) is 9.44. The average Bonchev–Trinajstić information content (AvgIpc) is 2.65. The van der Waals surface area contributed by atoms with Gasteiger partial charge in [0.1, 0.15) is 6.04 Å². The van der Waals surface area contributed by atoms with E-state index in [2.05, 4.69) is 10.4 Å². The Morgan fingerprint density at radius 3 is 2.72 bits per heavy atom. The van der Waals surface area contributed by atoms with Crippen LogP contribution in [0.1, 0.15) is 43.7 Å². The van der Waals surface area contributed by atoms with Crippen LogP contribution >= 0.6 is 0 Å². The molecule has 1 aromatic heterocycles. The predicted molar refractivity (Wildman–Crippen MR) is 106 cm³/mol. The molecule has 1 atom stereocenters. The zero-order chi connectivity index (χ0) is 21.0. The highest BCUT2D eigenvalue weighted by atomic mass is 32.2. The van der Waals surface area contributed by atoms with Crippen LogP contribution in [0.15, 0.2) is 29.2 Å². The molecule has 1 aliphatic rings.